The van der Waals surface area contributed by atoms with Crippen molar-refractivity contribution in [1.82, 2.24) is 0 Å². The normalized spacial score (nSPS) is 12.6. The Hall–Kier alpha value is 0.0125. The Labute approximate surface area is 70.7 Å². The van der Waals surface area contributed by atoms with Crippen molar-refractivity contribution in [2.45, 2.75) is 30.8 Å². The van der Waals surface area contributed by atoms with Crippen LogP contribution < -0.4 is 0 Å². The summed E-state index contributed by atoms with van der Waals surface area (Å²) in [6.07, 6.45) is 9.50. The van der Waals surface area contributed by atoms with Crippen LogP contribution in [0.1, 0.15) is 20.3 Å². The van der Waals surface area contributed by atoms with Gasteiger partial charge in [-0.3, -0.25) is 0 Å². The van der Waals surface area contributed by atoms with Gasteiger partial charge in [0.2, 0.25) is 0 Å². The van der Waals surface area contributed by atoms with Gasteiger partial charge in [-0.05, 0) is 6.42 Å². The Kier molecular flexibility index (Phi) is 9.02. The minimum Gasteiger partial charge on any atom is -0.106 e. The fraction of sp³-hybridized carbons (Fsp3) is 0.556. The predicted molar refractivity (Wildman–Crippen MR) is 49.6 cm³/mol. The molecule has 0 N–H and O–H groups in total. The molecule has 0 heterocycles. The molecule has 1 aliphatic carbocycles. The Morgan fingerprint density at radius 1 is 1.10 bits per heavy atom. The van der Waals surface area contributed by atoms with E-state index in [-0.39, 0.29) is 0 Å². The molecule has 0 saturated heterocycles. The van der Waals surface area contributed by atoms with Crippen LogP contribution in [0.3, 0.4) is 0 Å². The van der Waals surface area contributed by atoms with Gasteiger partial charge in [-0.15, -0.1) is 10.6 Å². The summed E-state index contributed by atoms with van der Waals surface area (Å²) >= 11 is 0.815. The highest BCUT2D eigenvalue weighted by atomic mass is 27.1. The highest BCUT2D eigenvalue weighted by Crippen LogP contribution is 1.93. The zero-order valence-corrected chi connectivity index (χ0v) is 8.16. The quantitative estimate of drug-likeness (QED) is 0.532. The van der Waals surface area contributed by atoms with E-state index in [0.29, 0.717) is 0 Å². The van der Waals surface area contributed by atoms with Crippen molar-refractivity contribution < 1.29 is 0 Å². The van der Waals surface area contributed by atoms with Gasteiger partial charge >= 0.3 is 0 Å². The molecule has 0 aromatic rings. The van der Waals surface area contributed by atoms with Gasteiger partial charge in [-0.25, -0.2) is 0 Å². The maximum atomic E-state index is 2.25. The van der Waals surface area contributed by atoms with Gasteiger partial charge in [0.25, 0.3) is 0 Å². The molecule has 0 atom stereocenters. The molecule has 0 aromatic heterocycles. The van der Waals surface area contributed by atoms with Crippen LogP contribution in [-0.2, 0) is 0 Å². The van der Waals surface area contributed by atoms with Crippen molar-refractivity contribution in [3.63, 3.8) is 0 Å². The second kappa shape index (κ2) is 9.01. The molecule has 10 heavy (non-hydrogen) atoms. The Bertz CT molecular complexity index is 91.3. The van der Waals surface area contributed by atoms with Crippen LogP contribution in [-0.4, -0.2) is 15.2 Å². The summed E-state index contributed by atoms with van der Waals surface area (Å²) < 4.78 is 0. The van der Waals surface area contributed by atoms with Gasteiger partial charge in [0.05, 0.1) is 0 Å². The van der Waals surface area contributed by atoms with Crippen molar-refractivity contribution in [3.05, 3.63) is 24.3 Å². The second-order valence-electron chi connectivity index (χ2n) is 2.20. The molecule has 1 aliphatic rings. The fourth-order valence-corrected chi connectivity index (χ4v) is 1.26. The van der Waals surface area contributed by atoms with E-state index < -0.39 is 0 Å². The van der Waals surface area contributed by atoms with E-state index in [1.807, 2.05) is 0 Å². The van der Waals surface area contributed by atoms with Crippen molar-refractivity contribution in [1.29, 1.82) is 0 Å². The number of allylic oxidation sites excluding steroid dienone is 4. The summed E-state index contributed by atoms with van der Waals surface area (Å²) in [6.45, 7) is 4.50. The number of rotatable bonds is 2. The van der Waals surface area contributed by atoms with Crippen LogP contribution in [0, 0.1) is 0 Å². The first kappa shape index (κ1) is 10.0. The standard InChI is InChI=1S/C5H6.2C2H5.Al/c1-2-4-5-3-1;2*1-2;/h1-4H,5H2;2*1H2,2H3;. The molecule has 0 amide bonds. The lowest BCUT2D eigenvalue weighted by molar-refractivity contribution is 1.36. The predicted octanol–water partition coefficient (Wildman–Crippen LogP) is 3.07. The molecular formula is C9H16Al. The zero-order valence-electron chi connectivity index (χ0n) is 7.01. The topological polar surface area (TPSA) is 0 Å². The minimum absolute atomic E-state index is 0.815. The van der Waals surface area contributed by atoms with E-state index in [1.165, 1.54) is 10.6 Å². The molecule has 0 aromatic carbocycles. The van der Waals surface area contributed by atoms with Gasteiger partial charge in [-0.1, -0.05) is 38.2 Å². The van der Waals surface area contributed by atoms with Gasteiger partial charge in [-0.2, -0.15) is 0 Å². The van der Waals surface area contributed by atoms with Crippen LogP contribution in [0.25, 0.3) is 0 Å². The van der Waals surface area contributed by atoms with Crippen molar-refractivity contribution >= 4 is 15.2 Å². The summed E-state index contributed by atoms with van der Waals surface area (Å²) in [4.78, 5) is 0. The van der Waals surface area contributed by atoms with E-state index in [4.69, 9.17) is 0 Å². The third-order valence-corrected chi connectivity index (χ3v) is 2.39. The molecule has 0 aliphatic heterocycles. The number of hydrogen-bond acceptors (Lipinski definition) is 0. The molecule has 0 spiro atoms. The molecule has 1 heteroatoms. The lowest BCUT2D eigenvalue weighted by atomic mass is 10.5. The average Bonchev–Trinajstić information content (AvgIpc) is 2.44. The molecule has 1 rings (SSSR count). The van der Waals surface area contributed by atoms with Gasteiger partial charge in [0.15, 0.2) is 15.2 Å². The third-order valence-electron chi connectivity index (χ3n) is 1.23. The maximum absolute atomic E-state index is 2.25. The molecule has 0 unspecified atom stereocenters. The largest absolute Gasteiger partial charge is 0.198 e. The zero-order chi connectivity index (χ0) is 7.66. The summed E-state index contributed by atoms with van der Waals surface area (Å²) in [5, 5.41) is 2.85. The van der Waals surface area contributed by atoms with E-state index >= 15 is 0 Å². The molecular weight excluding hydrogens is 135 g/mol. The lowest BCUT2D eigenvalue weighted by Gasteiger charge is -1.74. The Morgan fingerprint density at radius 3 is 1.70 bits per heavy atom. The second-order valence-corrected chi connectivity index (χ2v) is 4.41. The van der Waals surface area contributed by atoms with E-state index in [1.54, 1.807) is 0 Å². The summed E-state index contributed by atoms with van der Waals surface area (Å²) in [7, 11) is 0. The highest BCUT2D eigenvalue weighted by Gasteiger charge is 1.74. The average molecular weight is 151 g/mol. The van der Waals surface area contributed by atoms with Gasteiger partial charge in [0.1, 0.15) is 0 Å². The van der Waals surface area contributed by atoms with Gasteiger partial charge < -0.3 is 0 Å². The minimum atomic E-state index is 0.815. The molecule has 0 fully saturated rings. The maximum Gasteiger partial charge on any atom is 0.198 e. The fourth-order valence-electron chi connectivity index (χ4n) is 0.682. The summed E-state index contributed by atoms with van der Waals surface area (Å²) in [5.74, 6) is 0. The molecule has 1 radical (unpaired) electrons. The van der Waals surface area contributed by atoms with Crippen molar-refractivity contribution in [2.24, 2.45) is 0 Å². The van der Waals surface area contributed by atoms with E-state index in [2.05, 4.69) is 38.2 Å². The van der Waals surface area contributed by atoms with E-state index in [9.17, 15) is 0 Å². The molecule has 0 bridgehead atoms. The van der Waals surface area contributed by atoms with Crippen LogP contribution in [0.5, 0.6) is 0 Å². The van der Waals surface area contributed by atoms with Crippen molar-refractivity contribution in [3.8, 4) is 0 Å². The van der Waals surface area contributed by atoms with E-state index in [0.717, 1.165) is 21.6 Å². The first-order valence-corrected chi connectivity index (χ1v) is 5.68. The van der Waals surface area contributed by atoms with Gasteiger partial charge in [0, 0.05) is 0 Å². The molecule has 0 nitrogen and oxygen atoms in total. The molecule has 55 valence electrons. The monoisotopic (exact) mass is 151 g/mol. The molecule has 0 saturated carbocycles. The lowest BCUT2D eigenvalue weighted by Crippen LogP contribution is -1.76. The Morgan fingerprint density at radius 2 is 1.60 bits per heavy atom. The third kappa shape index (κ3) is 8.01. The summed E-state index contributed by atoms with van der Waals surface area (Å²) in [6, 6.07) is 0. The van der Waals surface area contributed by atoms with Crippen LogP contribution in [0.4, 0.5) is 0 Å². The first-order chi connectivity index (χ1) is 4.91. The SMILES string of the molecule is C1=CCC=C1.C[CH2][Al][CH2]C. The van der Waals surface area contributed by atoms with Crippen LogP contribution in [0.2, 0.25) is 10.6 Å². The van der Waals surface area contributed by atoms with Crippen molar-refractivity contribution in [2.75, 3.05) is 0 Å². The summed E-state index contributed by atoms with van der Waals surface area (Å²) in [5.41, 5.74) is 0. The Balaban J connectivity index is 0.000000162. The van der Waals surface area contributed by atoms with Crippen LogP contribution >= 0.6 is 0 Å². The highest BCUT2D eigenvalue weighted by molar-refractivity contribution is 6.34. The van der Waals surface area contributed by atoms with Crippen LogP contribution in [0.15, 0.2) is 24.3 Å². The first-order valence-electron chi connectivity index (χ1n) is 4.05. The number of hydrogen-bond donors (Lipinski definition) is 0. The smallest absolute Gasteiger partial charge is 0.106 e.